The molecule has 0 saturated heterocycles. The summed E-state index contributed by atoms with van der Waals surface area (Å²) in [6, 6.07) is 7.17. The van der Waals surface area contributed by atoms with Gasteiger partial charge in [-0.3, -0.25) is 9.88 Å². The minimum atomic E-state index is -0.968. The molecule has 2 aromatic rings. The monoisotopic (exact) mass is 246 g/mol. The van der Waals surface area contributed by atoms with Crippen molar-refractivity contribution in [1.29, 1.82) is 0 Å². The lowest BCUT2D eigenvalue weighted by molar-refractivity contribution is 0.0693. The maximum atomic E-state index is 10.9. The fourth-order valence-electron chi connectivity index (χ4n) is 1.72. The third-order valence-electron chi connectivity index (χ3n) is 2.55. The first kappa shape index (κ1) is 12.3. The molecule has 0 aliphatic heterocycles. The smallest absolute Gasteiger partial charge is 0.339 e. The zero-order chi connectivity index (χ0) is 13.0. The van der Waals surface area contributed by atoms with E-state index in [4.69, 9.17) is 9.52 Å². The van der Waals surface area contributed by atoms with E-state index in [2.05, 4.69) is 4.98 Å². The number of nitrogens with zero attached hydrogens (tertiary/aromatic N) is 2. The maximum Gasteiger partial charge on any atom is 0.339 e. The highest BCUT2D eigenvalue weighted by atomic mass is 16.4. The van der Waals surface area contributed by atoms with Gasteiger partial charge in [0.25, 0.3) is 0 Å². The number of rotatable bonds is 5. The zero-order valence-electron chi connectivity index (χ0n) is 10.0. The van der Waals surface area contributed by atoms with Crippen molar-refractivity contribution in [3.8, 4) is 0 Å². The minimum Gasteiger partial charge on any atom is -0.478 e. The van der Waals surface area contributed by atoms with Crippen molar-refractivity contribution in [3.63, 3.8) is 0 Å². The van der Waals surface area contributed by atoms with Crippen molar-refractivity contribution < 1.29 is 14.3 Å². The van der Waals surface area contributed by atoms with Crippen LogP contribution in [0, 0.1) is 0 Å². The quantitative estimate of drug-likeness (QED) is 0.874. The Hall–Kier alpha value is -2.14. The summed E-state index contributed by atoms with van der Waals surface area (Å²) in [6.45, 7) is 1.08. The highest BCUT2D eigenvalue weighted by molar-refractivity contribution is 5.88. The maximum absolute atomic E-state index is 10.9. The van der Waals surface area contributed by atoms with Crippen LogP contribution in [0.3, 0.4) is 0 Å². The highest BCUT2D eigenvalue weighted by Crippen LogP contribution is 2.13. The van der Waals surface area contributed by atoms with Crippen molar-refractivity contribution in [1.82, 2.24) is 9.88 Å². The molecule has 2 rings (SSSR count). The van der Waals surface area contributed by atoms with Gasteiger partial charge in [-0.2, -0.15) is 0 Å². The molecule has 94 valence electrons. The van der Waals surface area contributed by atoms with E-state index in [0.717, 1.165) is 5.69 Å². The Bertz CT molecular complexity index is 522. The van der Waals surface area contributed by atoms with E-state index < -0.39 is 5.97 Å². The van der Waals surface area contributed by atoms with Crippen LogP contribution in [0.25, 0.3) is 0 Å². The lowest BCUT2D eigenvalue weighted by Crippen LogP contribution is -2.18. The molecule has 0 bridgehead atoms. The molecule has 0 spiro atoms. The molecule has 0 unspecified atom stereocenters. The molecule has 5 nitrogen and oxygen atoms in total. The summed E-state index contributed by atoms with van der Waals surface area (Å²) in [7, 11) is 1.89. The van der Waals surface area contributed by atoms with Gasteiger partial charge in [0.05, 0.1) is 18.5 Å². The third-order valence-corrected chi connectivity index (χ3v) is 2.55. The predicted molar refractivity (Wildman–Crippen MR) is 65.1 cm³/mol. The molecule has 0 aliphatic carbocycles. The summed E-state index contributed by atoms with van der Waals surface area (Å²) >= 11 is 0. The summed E-state index contributed by atoms with van der Waals surface area (Å²) in [6.07, 6.45) is 3.13. The Kier molecular flexibility index (Phi) is 3.74. The Morgan fingerprint density at radius 3 is 2.89 bits per heavy atom. The fourth-order valence-corrected chi connectivity index (χ4v) is 1.72. The molecule has 5 heteroatoms. The highest BCUT2D eigenvalue weighted by Gasteiger charge is 2.15. The number of hydrogen-bond acceptors (Lipinski definition) is 4. The van der Waals surface area contributed by atoms with Crippen molar-refractivity contribution in [2.75, 3.05) is 7.05 Å². The molecule has 18 heavy (non-hydrogen) atoms. The number of carboxylic acids is 1. The van der Waals surface area contributed by atoms with Gasteiger partial charge in [-0.15, -0.1) is 0 Å². The van der Waals surface area contributed by atoms with Crippen molar-refractivity contribution in [2.24, 2.45) is 0 Å². The second-order valence-electron chi connectivity index (χ2n) is 4.06. The molecular weight excluding hydrogens is 232 g/mol. The molecular formula is C13H14N2O3. The molecule has 0 aromatic carbocycles. The number of carboxylic acid groups (broad SMARTS) is 1. The van der Waals surface area contributed by atoms with E-state index in [-0.39, 0.29) is 5.56 Å². The standard InChI is InChI=1S/C13H14N2O3/c1-15(8-10-4-2-3-6-14-10)9-12-11(13(16)17)5-7-18-12/h2-7H,8-9H2,1H3,(H,16,17). The van der Waals surface area contributed by atoms with E-state index in [0.29, 0.717) is 18.8 Å². The van der Waals surface area contributed by atoms with Gasteiger partial charge in [-0.25, -0.2) is 4.79 Å². The third kappa shape index (κ3) is 2.95. The van der Waals surface area contributed by atoms with E-state index in [9.17, 15) is 4.79 Å². The largest absolute Gasteiger partial charge is 0.478 e. The normalized spacial score (nSPS) is 10.8. The molecule has 2 aromatic heterocycles. The number of hydrogen-bond donors (Lipinski definition) is 1. The van der Waals surface area contributed by atoms with Gasteiger partial charge in [-0.05, 0) is 25.2 Å². The molecule has 0 atom stereocenters. The Labute approximate surface area is 105 Å². The fraction of sp³-hybridized carbons (Fsp3) is 0.231. The van der Waals surface area contributed by atoms with Gasteiger partial charge in [0.2, 0.25) is 0 Å². The lowest BCUT2D eigenvalue weighted by Gasteiger charge is -2.14. The van der Waals surface area contributed by atoms with Crippen LogP contribution in [0.5, 0.6) is 0 Å². The predicted octanol–water partition coefficient (Wildman–Crippen LogP) is 2.00. The van der Waals surface area contributed by atoms with E-state index in [1.54, 1.807) is 6.20 Å². The van der Waals surface area contributed by atoms with Crippen LogP contribution in [-0.4, -0.2) is 28.0 Å². The molecule has 0 saturated carbocycles. The van der Waals surface area contributed by atoms with Crippen LogP contribution in [0.4, 0.5) is 0 Å². The molecule has 0 aliphatic rings. The van der Waals surface area contributed by atoms with E-state index in [1.165, 1.54) is 12.3 Å². The number of aromatic nitrogens is 1. The number of carbonyl (C=O) groups is 1. The molecule has 1 N–H and O–H groups in total. The summed E-state index contributed by atoms with van der Waals surface area (Å²) < 4.78 is 5.19. The zero-order valence-corrected chi connectivity index (χ0v) is 10.0. The van der Waals surface area contributed by atoms with Gasteiger partial charge in [0.1, 0.15) is 11.3 Å². The Morgan fingerprint density at radius 2 is 2.22 bits per heavy atom. The molecule has 0 fully saturated rings. The number of furan rings is 1. The summed E-state index contributed by atoms with van der Waals surface area (Å²) in [5, 5.41) is 8.97. The van der Waals surface area contributed by atoms with Gasteiger partial charge >= 0.3 is 5.97 Å². The minimum absolute atomic E-state index is 0.211. The second kappa shape index (κ2) is 5.46. The first-order valence-electron chi connectivity index (χ1n) is 5.55. The van der Waals surface area contributed by atoms with Crippen LogP contribution in [0.15, 0.2) is 41.1 Å². The molecule has 0 amide bonds. The average Bonchev–Trinajstić information content (AvgIpc) is 2.78. The van der Waals surface area contributed by atoms with Gasteiger partial charge in [0.15, 0.2) is 0 Å². The average molecular weight is 246 g/mol. The van der Waals surface area contributed by atoms with Gasteiger partial charge in [0, 0.05) is 12.7 Å². The van der Waals surface area contributed by atoms with Crippen LogP contribution < -0.4 is 0 Å². The lowest BCUT2D eigenvalue weighted by atomic mass is 10.2. The van der Waals surface area contributed by atoms with E-state index >= 15 is 0 Å². The number of aromatic carboxylic acids is 1. The van der Waals surface area contributed by atoms with Gasteiger partial charge < -0.3 is 9.52 Å². The van der Waals surface area contributed by atoms with Crippen LogP contribution in [0.1, 0.15) is 21.8 Å². The second-order valence-corrected chi connectivity index (χ2v) is 4.06. The van der Waals surface area contributed by atoms with Crippen molar-refractivity contribution in [3.05, 3.63) is 53.7 Å². The Balaban J connectivity index is 2.01. The van der Waals surface area contributed by atoms with E-state index in [1.807, 2.05) is 30.1 Å². The molecule has 2 heterocycles. The first-order valence-corrected chi connectivity index (χ1v) is 5.55. The SMILES string of the molecule is CN(Cc1ccccn1)Cc1occc1C(=O)O. The van der Waals surface area contributed by atoms with Crippen LogP contribution in [0.2, 0.25) is 0 Å². The van der Waals surface area contributed by atoms with Gasteiger partial charge in [-0.1, -0.05) is 6.07 Å². The topological polar surface area (TPSA) is 66.6 Å². The molecule has 0 radical (unpaired) electrons. The van der Waals surface area contributed by atoms with Crippen molar-refractivity contribution in [2.45, 2.75) is 13.1 Å². The summed E-state index contributed by atoms with van der Waals surface area (Å²) in [4.78, 5) is 17.1. The van der Waals surface area contributed by atoms with Crippen LogP contribution in [-0.2, 0) is 13.1 Å². The Morgan fingerprint density at radius 1 is 1.39 bits per heavy atom. The first-order chi connectivity index (χ1) is 8.66. The summed E-state index contributed by atoms with van der Waals surface area (Å²) in [5.41, 5.74) is 1.14. The number of pyridine rings is 1. The van der Waals surface area contributed by atoms with Crippen LogP contribution >= 0.6 is 0 Å². The summed E-state index contributed by atoms with van der Waals surface area (Å²) in [5.74, 6) is -0.508. The van der Waals surface area contributed by atoms with Crippen molar-refractivity contribution >= 4 is 5.97 Å².